The number of carbonyl (C=O) groups excluding carboxylic acids is 2. The van der Waals surface area contributed by atoms with Gasteiger partial charge in [-0.05, 0) is 30.5 Å². The fourth-order valence-electron chi connectivity index (χ4n) is 3.04. The lowest BCUT2D eigenvalue weighted by atomic mass is 10.1. The molecule has 1 aliphatic heterocycles. The van der Waals surface area contributed by atoms with Crippen molar-refractivity contribution in [3.8, 4) is 0 Å². The molecule has 13 heteroatoms. The molecule has 0 aromatic carbocycles. The summed E-state index contributed by atoms with van der Waals surface area (Å²) in [5.41, 5.74) is 0.268. The van der Waals surface area contributed by atoms with E-state index in [1.54, 1.807) is 0 Å². The van der Waals surface area contributed by atoms with Crippen molar-refractivity contribution in [2.75, 3.05) is 37.7 Å². The van der Waals surface area contributed by atoms with E-state index in [4.69, 9.17) is 27.9 Å². The SMILES string of the molecule is CC(C)CCOC(=O)c1cnc(N2CCN(C(=O)NS(=O)(=O)c3ccc(Cl)s3)CC2)c(Cl)c1. The Hall–Kier alpha value is -2.08. The van der Waals surface area contributed by atoms with Crippen molar-refractivity contribution in [1.82, 2.24) is 14.6 Å². The average Bonchev–Trinajstić information content (AvgIpc) is 3.20. The highest BCUT2D eigenvalue weighted by atomic mass is 35.5. The maximum absolute atomic E-state index is 12.4. The first-order chi connectivity index (χ1) is 15.6. The number of piperazine rings is 1. The van der Waals surface area contributed by atoms with Gasteiger partial charge in [0.2, 0.25) is 0 Å². The van der Waals surface area contributed by atoms with Crippen molar-refractivity contribution < 1.29 is 22.7 Å². The van der Waals surface area contributed by atoms with Crippen molar-refractivity contribution in [1.29, 1.82) is 0 Å². The van der Waals surface area contributed by atoms with Gasteiger partial charge in [-0.2, -0.15) is 0 Å². The number of urea groups is 1. The number of aromatic nitrogens is 1. The number of nitrogens with zero attached hydrogens (tertiary/aromatic N) is 3. The van der Waals surface area contributed by atoms with Crippen LogP contribution >= 0.6 is 34.5 Å². The van der Waals surface area contributed by atoms with E-state index in [1.165, 1.54) is 29.3 Å². The van der Waals surface area contributed by atoms with E-state index in [-0.39, 0.29) is 22.9 Å². The van der Waals surface area contributed by atoms with Gasteiger partial charge in [-0.3, -0.25) is 0 Å². The zero-order valence-electron chi connectivity index (χ0n) is 18.1. The molecular weight excluding hydrogens is 511 g/mol. The van der Waals surface area contributed by atoms with Crippen LogP contribution in [0.1, 0.15) is 30.6 Å². The van der Waals surface area contributed by atoms with E-state index in [0.29, 0.717) is 40.8 Å². The Morgan fingerprint density at radius 3 is 2.48 bits per heavy atom. The minimum Gasteiger partial charge on any atom is -0.462 e. The largest absolute Gasteiger partial charge is 0.462 e. The van der Waals surface area contributed by atoms with Crippen LogP contribution in [0.15, 0.2) is 28.6 Å². The van der Waals surface area contributed by atoms with Gasteiger partial charge in [-0.25, -0.2) is 27.7 Å². The molecule has 0 unspecified atom stereocenters. The molecule has 1 aliphatic rings. The topological polar surface area (TPSA) is 109 Å². The molecule has 0 atom stereocenters. The summed E-state index contributed by atoms with van der Waals surface area (Å²) in [4.78, 5) is 32.2. The predicted molar refractivity (Wildman–Crippen MR) is 128 cm³/mol. The van der Waals surface area contributed by atoms with Crippen LogP contribution < -0.4 is 9.62 Å². The number of pyridine rings is 1. The van der Waals surface area contributed by atoms with Crippen LogP contribution in [-0.4, -0.2) is 63.1 Å². The highest BCUT2D eigenvalue weighted by molar-refractivity contribution is 7.92. The molecule has 0 radical (unpaired) electrons. The van der Waals surface area contributed by atoms with Crippen molar-refractivity contribution in [3.05, 3.63) is 39.3 Å². The van der Waals surface area contributed by atoms with Crippen molar-refractivity contribution in [3.63, 3.8) is 0 Å². The maximum atomic E-state index is 12.4. The van der Waals surface area contributed by atoms with Crippen LogP contribution in [0.25, 0.3) is 0 Å². The quantitative estimate of drug-likeness (QED) is 0.536. The van der Waals surface area contributed by atoms with Gasteiger partial charge in [-0.1, -0.05) is 37.0 Å². The summed E-state index contributed by atoms with van der Waals surface area (Å²) >= 11 is 13.0. The summed E-state index contributed by atoms with van der Waals surface area (Å²) in [6.07, 6.45) is 2.18. The monoisotopic (exact) mass is 534 g/mol. The smallest absolute Gasteiger partial charge is 0.339 e. The Balaban J connectivity index is 1.56. The first kappa shape index (κ1) is 25.5. The zero-order valence-corrected chi connectivity index (χ0v) is 21.2. The number of thiophene rings is 1. The summed E-state index contributed by atoms with van der Waals surface area (Å²) in [6.45, 7) is 5.74. The molecule has 9 nitrogen and oxygen atoms in total. The zero-order chi connectivity index (χ0) is 24.2. The van der Waals surface area contributed by atoms with E-state index in [0.717, 1.165) is 17.8 Å². The molecule has 2 aromatic heterocycles. The Bertz CT molecular complexity index is 1120. The van der Waals surface area contributed by atoms with Gasteiger partial charge in [0.25, 0.3) is 10.0 Å². The first-order valence-electron chi connectivity index (χ1n) is 10.2. The van der Waals surface area contributed by atoms with Crippen molar-refractivity contribution in [2.24, 2.45) is 5.92 Å². The normalized spacial score (nSPS) is 14.5. The molecule has 3 heterocycles. The Kier molecular flexibility index (Phi) is 8.43. The Morgan fingerprint density at radius 1 is 1.21 bits per heavy atom. The van der Waals surface area contributed by atoms with Crippen molar-refractivity contribution in [2.45, 2.75) is 24.5 Å². The number of halogens is 2. The second kappa shape index (κ2) is 10.9. The van der Waals surface area contributed by atoms with Gasteiger partial charge in [0.1, 0.15) is 10.0 Å². The second-order valence-corrected chi connectivity index (χ2v) is 11.8. The number of esters is 1. The van der Waals surface area contributed by atoms with Gasteiger partial charge >= 0.3 is 12.0 Å². The summed E-state index contributed by atoms with van der Waals surface area (Å²) < 4.78 is 32.3. The molecule has 0 spiro atoms. The Labute approximate surface area is 206 Å². The van der Waals surface area contributed by atoms with E-state index >= 15 is 0 Å². The van der Waals surface area contributed by atoms with Crippen LogP contribution in [0.5, 0.6) is 0 Å². The van der Waals surface area contributed by atoms with E-state index in [1.807, 2.05) is 18.7 Å². The average molecular weight is 535 g/mol. The lowest BCUT2D eigenvalue weighted by Crippen LogP contribution is -2.53. The van der Waals surface area contributed by atoms with E-state index in [9.17, 15) is 18.0 Å². The molecule has 0 bridgehead atoms. The van der Waals surface area contributed by atoms with Crippen molar-refractivity contribution >= 4 is 62.4 Å². The van der Waals surface area contributed by atoms with Crippen LogP contribution in [-0.2, 0) is 14.8 Å². The van der Waals surface area contributed by atoms with E-state index < -0.39 is 22.0 Å². The number of hydrogen-bond donors (Lipinski definition) is 1. The molecule has 1 saturated heterocycles. The lowest BCUT2D eigenvalue weighted by molar-refractivity contribution is 0.0487. The summed E-state index contributed by atoms with van der Waals surface area (Å²) in [5.74, 6) is 0.430. The molecule has 180 valence electrons. The maximum Gasteiger partial charge on any atom is 0.339 e. The third kappa shape index (κ3) is 6.72. The minimum absolute atomic E-state index is 0.0294. The molecule has 0 saturated carbocycles. The van der Waals surface area contributed by atoms with Crippen LogP contribution in [0.2, 0.25) is 9.36 Å². The second-order valence-electron chi connectivity index (χ2n) is 7.79. The minimum atomic E-state index is -3.98. The number of nitrogens with one attached hydrogen (secondary N) is 1. The molecule has 1 N–H and O–H groups in total. The fraction of sp³-hybridized carbons (Fsp3) is 0.450. The summed E-state index contributed by atoms with van der Waals surface area (Å²) in [5, 5.41) is 0.295. The highest BCUT2D eigenvalue weighted by Gasteiger charge is 2.27. The first-order valence-corrected chi connectivity index (χ1v) is 13.3. The van der Waals surface area contributed by atoms with Crippen LogP contribution in [0, 0.1) is 5.92 Å². The lowest BCUT2D eigenvalue weighted by Gasteiger charge is -2.35. The molecule has 3 rings (SSSR count). The van der Waals surface area contributed by atoms with Gasteiger partial charge in [0, 0.05) is 32.4 Å². The van der Waals surface area contributed by atoms with E-state index in [2.05, 4.69) is 9.71 Å². The fourth-order valence-corrected chi connectivity index (χ4v) is 5.78. The summed E-state index contributed by atoms with van der Waals surface area (Å²) in [6, 6.07) is 3.60. The number of amides is 2. The molecule has 33 heavy (non-hydrogen) atoms. The number of anilines is 1. The number of carbonyl (C=O) groups is 2. The molecule has 0 aliphatic carbocycles. The molecular formula is C20H24Cl2N4O5S2. The number of sulfonamides is 1. The summed E-state index contributed by atoms with van der Waals surface area (Å²) in [7, 11) is -3.98. The number of ether oxygens (including phenoxy) is 1. The number of hydrogen-bond acceptors (Lipinski definition) is 8. The third-order valence-electron chi connectivity index (χ3n) is 4.89. The van der Waals surface area contributed by atoms with Crippen LogP contribution in [0.3, 0.4) is 0 Å². The van der Waals surface area contributed by atoms with Crippen LogP contribution in [0.4, 0.5) is 10.6 Å². The Morgan fingerprint density at radius 2 is 1.91 bits per heavy atom. The molecule has 2 amide bonds. The van der Waals surface area contributed by atoms with Gasteiger partial charge < -0.3 is 14.5 Å². The third-order valence-corrected chi connectivity index (χ3v) is 8.21. The molecule has 2 aromatic rings. The molecule has 1 fully saturated rings. The predicted octanol–water partition coefficient (Wildman–Crippen LogP) is 3.87. The number of rotatable bonds is 7. The van der Waals surface area contributed by atoms with Gasteiger partial charge in [0.05, 0.1) is 21.5 Å². The van der Waals surface area contributed by atoms with Gasteiger partial charge in [-0.15, -0.1) is 11.3 Å². The standard InChI is InChI=1S/C20H24Cl2N4O5S2/c1-13(2)5-10-31-19(27)14-11-15(21)18(23-12-14)25-6-8-26(9-7-25)20(28)24-33(29,30)17-4-3-16(22)32-17/h3-4,11-13H,5-10H2,1-2H3,(H,24,28). The van der Waals surface area contributed by atoms with Gasteiger partial charge in [0.15, 0.2) is 0 Å². The highest BCUT2D eigenvalue weighted by Crippen LogP contribution is 2.27.